The molecule has 0 saturated heterocycles. The molecule has 0 spiro atoms. The van der Waals surface area contributed by atoms with Crippen molar-refractivity contribution in [1.82, 2.24) is 0 Å². The molecule has 15 nitrogen and oxygen atoms in total. The van der Waals surface area contributed by atoms with E-state index in [2.05, 4.69) is 0 Å². The van der Waals surface area contributed by atoms with Crippen LogP contribution < -0.4 is 66.9 Å². The summed E-state index contributed by atoms with van der Waals surface area (Å²) in [5, 5.41) is 33.2. The van der Waals surface area contributed by atoms with Gasteiger partial charge in [0.2, 0.25) is 0 Å². The molecule has 0 amide bonds. The Hall–Kier alpha value is -0.625. The van der Waals surface area contributed by atoms with E-state index in [9.17, 15) is 29.7 Å². The van der Waals surface area contributed by atoms with Gasteiger partial charge in [-0.2, -0.15) is 0 Å². The predicted octanol–water partition coefficient (Wildman–Crippen LogP) is -6.39. The van der Waals surface area contributed by atoms with Crippen LogP contribution >= 0.6 is 0 Å². The molecule has 6 fully saturated rings. The number of hydrogen-bond acceptors (Lipinski definition) is 15. The molecule has 0 aromatic carbocycles. The molecule has 18 N–H and O–H groups in total. The molecule has 6 rings (SSSR count). The number of aliphatic carboxylic acids is 3. The molecule has 6 aliphatic carbocycles. The van der Waals surface area contributed by atoms with Crippen LogP contribution in [0.3, 0.4) is 0 Å². The molecule has 6 aliphatic rings. The van der Waals surface area contributed by atoms with Gasteiger partial charge in [-0.3, -0.25) is 0 Å². The maximum Gasteiger partial charge on any atom is 3.00 e. The van der Waals surface area contributed by atoms with Crippen LogP contribution in [0.1, 0.15) is 77.0 Å². The number of hydrogen-bond donors (Lipinski definition) is 9. The van der Waals surface area contributed by atoms with Crippen LogP contribution in [-0.2, 0) is 14.4 Å². The molecule has 245 valence electrons. The summed E-state index contributed by atoms with van der Waals surface area (Å²) in [6.07, 6.45) is 8.31. The Balaban J connectivity index is 0.000000175. The number of carboxylic acid groups (broad SMARTS) is 3. The first kappa shape index (κ1) is 36.8. The van der Waals surface area contributed by atoms with Crippen molar-refractivity contribution in [3.8, 4) is 0 Å². The monoisotopic (exact) mass is 752 g/mol. The third-order valence-corrected chi connectivity index (χ3v) is 12.1. The van der Waals surface area contributed by atoms with Crippen LogP contribution in [0.5, 0.6) is 0 Å². The van der Waals surface area contributed by atoms with Gasteiger partial charge in [0, 0.05) is 70.0 Å². The zero-order valence-electron chi connectivity index (χ0n) is 24.6. The fourth-order valence-corrected chi connectivity index (χ4v) is 8.14. The van der Waals surface area contributed by atoms with E-state index in [4.69, 9.17) is 51.6 Å². The van der Waals surface area contributed by atoms with Gasteiger partial charge in [-0.25, -0.2) is 0 Å². The van der Waals surface area contributed by atoms with E-state index in [0.717, 1.165) is 38.5 Å². The van der Waals surface area contributed by atoms with Gasteiger partial charge < -0.3 is 81.3 Å². The second-order valence-corrected chi connectivity index (χ2v) is 14.1. The van der Waals surface area contributed by atoms with Crippen LogP contribution in [-0.4, -0.2) is 54.5 Å². The fraction of sp³-hybridized carbons (Fsp3) is 0.889. The van der Waals surface area contributed by atoms with Gasteiger partial charge in [0.1, 0.15) is 0 Å². The fourth-order valence-electron chi connectivity index (χ4n) is 8.14. The Morgan fingerprint density at radius 1 is 0.442 bits per heavy atom. The van der Waals surface area contributed by atoms with Crippen molar-refractivity contribution in [3.63, 3.8) is 0 Å². The van der Waals surface area contributed by atoms with Crippen molar-refractivity contribution in [2.45, 2.75) is 94.0 Å². The Labute approximate surface area is 283 Å². The smallest absolute Gasteiger partial charge is 0.550 e. The number of carboxylic acids is 3. The van der Waals surface area contributed by atoms with Gasteiger partial charge in [0.05, 0.1) is 17.0 Å². The number of carbonyl (C=O) groups excluding carboxylic acids is 3. The topological polar surface area (TPSA) is 355 Å². The molecular formula is C27H48GdN9O6. The molecular weight excluding hydrogens is 704 g/mol. The number of carbonyl (C=O) groups is 3. The molecule has 0 aromatic heterocycles. The summed E-state index contributed by atoms with van der Waals surface area (Å²) in [6.45, 7) is 0.339. The SMILES string of the molecule is NCC(N)(N)C1(C2(C(=O)[O-])CC2)CC1.NCC(N)(N)C1(C2(C(=O)[O-])CC2)CC1.NCC(N)(N)C1(C2(C(=O)[O-])CC2)CC1.[Gd+3]. The Morgan fingerprint density at radius 2 is 0.605 bits per heavy atom. The van der Waals surface area contributed by atoms with E-state index in [1.807, 2.05) is 0 Å². The summed E-state index contributed by atoms with van der Waals surface area (Å²) in [4.78, 5) is 33.2. The van der Waals surface area contributed by atoms with E-state index in [1.165, 1.54) is 0 Å². The average Bonchev–Trinajstić information content (AvgIpc) is 3.76. The standard InChI is InChI=1S/3C9H17N3O2.Gd/c3*10-5-9(11,12)8(3-4-8)7(1-2-7)6(13)14;/h3*1-5,10-12H2,(H,13,14);/q;;;+3/p-3. The number of nitrogens with two attached hydrogens (primary N) is 9. The Bertz CT molecular complexity index is 984. The maximum atomic E-state index is 11.1. The van der Waals surface area contributed by atoms with E-state index in [1.54, 1.807) is 0 Å². The molecule has 1 radical (unpaired) electrons. The van der Waals surface area contributed by atoms with E-state index < -0.39 is 67.4 Å². The average molecular weight is 752 g/mol. The van der Waals surface area contributed by atoms with Crippen LogP contribution in [0.15, 0.2) is 0 Å². The van der Waals surface area contributed by atoms with Gasteiger partial charge in [-0.1, -0.05) is 0 Å². The Morgan fingerprint density at radius 3 is 0.674 bits per heavy atom. The zero-order valence-corrected chi connectivity index (χ0v) is 26.9. The van der Waals surface area contributed by atoms with Gasteiger partial charge in [-0.05, 0) is 77.0 Å². The largest absolute Gasteiger partial charge is 3.00 e. The molecule has 0 bridgehead atoms. The number of rotatable bonds is 12. The van der Waals surface area contributed by atoms with Gasteiger partial charge in [0.25, 0.3) is 0 Å². The summed E-state index contributed by atoms with van der Waals surface area (Å²) < 4.78 is 0. The van der Waals surface area contributed by atoms with Crippen molar-refractivity contribution in [2.24, 2.45) is 84.1 Å². The minimum Gasteiger partial charge on any atom is -0.550 e. The van der Waals surface area contributed by atoms with Gasteiger partial charge >= 0.3 is 39.9 Å². The van der Waals surface area contributed by atoms with Gasteiger partial charge in [-0.15, -0.1) is 0 Å². The maximum absolute atomic E-state index is 11.1. The predicted molar refractivity (Wildman–Crippen MR) is 146 cm³/mol. The molecule has 43 heavy (non-hydrogen) atoms. The molecule has 0 aliphatic heterocycles. The molecule has 0 unspecified atom stereocenters. The van der Waals surface area contributed by atoms with E-state index >= 15 is 0 Å². The van der Waals surface area contributed by atoms with Crippen LogP contribution in [0.25, 0.3) is 0 Å². The van der Waals surface area contributed by atoms with E-state index in [0.29, 0.717) is 38.5 Å². The molecule has 0 aromatic rings. The minimum absolute atomic E-state index is 0. The van der Waals surface area contributed by atoms with Crippen molar-refractivity contribution >= 4 is 17.9 Å². The van der Waals surface area contributed by atoms with Crippen molar-refractivity contribution in [2.75, 3.05) is 19.6 Å². The van der Waals surface area contributed by atoms with E-state index in [-0.39, 0.29) is 59.6 Å². The normalized spacial score (nSPS) is 26.4. The zero-order chi connectivity index (χ0) is 31.8. The van der Waals surface area contributed by atoms with Crippen LogP contribution in [0, 0.1) is 72.4 Å². The quantitative estimate of drug-likeness (QED) is 0.0837. The first-order valence-electron chi connectivity index (χ1n) is 14.7. The summed E-state index contributed by atoms with van der Waals surface area (Å²) in [5.41, 5.74) is 44.7. The van der Waals surface area contributed by atoms with Gasteiger partial charge in [0.15, 0.2) is 0 Å². The first-order valence-corrected chi connectivity index (χ1v) is 14.7. The second-order valence-electron chi connectivity index (χ2n) is 14.1. The molecule has 16 heteroatoms. The van der Waals surface area contributed by atoms with Crippen molar-refractivity contribution in [1.29, 1.82) is 0 Å². The molecule has 0 heterocycles. The summed E-state index contributed by atoms with van der Waals surface area (Å²) in [5.74, 6) is -3.03. The van der Waals surface area contributed by atoms with Crippen molar-refractivity contribution in [3.05, 3.63) is 0 Å². The second kappa shape index (κ2) is 11.3. The minimum atomic E-state index is -1.07. The Kier molecular flexibility index (Phi) is 9.65. The molecule has 0 atom stereocenters. The molecule has 6 saturated carbocycles. The summed E-state index contributed by atoms with van der Waals surface area (Å²) in [6, 6.07) is 0. The summed E-state index contributed by atoms with van der Waals surface area (Å²) in [7, 11) is 0. The van der Waals surface area contributed by atoms with Crippen LogP contribution in [0.4, 0.5) is 0 Å². The third kappa shape index (κ3) is 5.27. The van der Waals surface area contributed by atoms with Crippen LogP contribution in [0.2, 0.25) is 0 Å². The third-order valence-electron chi connectivity index (χ3n) is 12.1. The first-order chi connectivity index (χ1) is 19.3. The van der Waals surface area contributed by atoms with Crippen molar-refractivity contribution < 1.29 is 69.6 Å². The summed E-state index contributed by atoms with van der Waals surface area (Å²) >= 11 is 0.